The van der Waals surface area contributed by atoms with Gasteiger partial charge in [0.15, 0.2) is 11.6 Å². The molecule has 1 aliphatic rings. The standard InChI is InChI=1S/C27H28ClFN8O/c1-18(6-7-30-3)19(2)20-12-21(28)14-24(13-20)34-23-5-4-22(31-15-23)16-33-36-27-32-17-25(29)26(35-27)37-8-10-38-11-9-37/h4-7,12-17,34H,2,8-11H2,1,3H3,(H,32,35,36)/b18-6-,30-7-,33-16+. The van der Waals surface area contributed by atoms with E-state index in [9.17, 15) is 4.39 Å². The molecule has 0 bridgehead atoms. The molecule has 0 radical (unpaired) electrons. The lowest BCUT2D eigenvalue weighted by Gasteiger charge is -2.27. The van der Waals surface area contributed by atoms with Gasteiger partial charge in [-0.1, -0.05) is 18.2 Å². The summed E-state index contributed by atoms with van der Waals surface area (Å²) in [7, 11) is 1.72. The first-order valence-electron chi connectivity index (χ1n) is 11.9. The van der Waals surface area contributed by atoms with Gasteiger partial charge in [-0.05, 0) is 60.0 Å². The number of hydrazone groups is 1. The monoisotopic (exact) mass is 534 g/mol. The van der Waals surface area contributed by atoms with Gasteiger partial charge in [0.25, 0.3) is 0 Å². The highest BCUT2D eigenvalue weighted by Crippen LogP contribution is 2.29. The number of aliphatic imine (C=N–C) groups is 1. The number of hydrogen-bond donors (Lipinski definition) is 2. The third kappa shape index (κ3) is 7.21. The largest absolute Gasteiger partial charge is 0.378 e. The Kier molecular flexibility index (Phi) is 9.12. The van der Waals surface area contributed by atoms with Crippen molar-refractivity contribution in [2.24, 2.45) is 10.1 Å². The van der Waals surface area contributed by atoms with E-state index in [0.717, 1.165) is 34.3 Å². The van der Waals surface area contributed by atoms with Crippen molar-refractivity contribution in [1.29, 1.82) is 0 Å². The predicted octanol–water partition coefficient (Wildman–Crippen LogP) is 5.35. The summed E-state index contributed by atoms with van der Waals surface area (Å²) in [5, 5.41) is 8.03. The minimum atomic E-state index is -0.486. The molecule has 1 fully saturated rings. The summed E-state index contributed by atoms with van der Waals surface area (Å²) in [6, 6.07) is 9.35. The summed E-state index contributed by atoms with van der Waals surface area (Å²) >= 11 is 6.36. The normalized spacial score (nSPS) is 14.3. The number of halogens is 2. The maximum absolute atomic E-state index is 14.2. The minimum absolute atomic E-state index is 0.188. The zero-order valence-corrected chi connectivity index (χ0v) is 21.9. The van der Waals surface area contributed by atoms with Crippen LogP contribution in [0, 0.1) is 5.82 Å². The quantitative estimate of drug-likeness (QED) is 0.217. The average molecular weight is 535 g/mol. The minimum Gasteiger partial charge on any atom is -0.378 e. The first-order valence-corrected chi connectivity index (χ1v) is 12.3. The molecule has 0 unspecified atom stereocenters. The van der Waals surface area contributed by atoms with Gasteiger partial charge in [0, 0.05) is 37.1 Å². The van der Waals surface area contributed by atoms with Crippen LogP contribution in [0.3, 0.4) is 0 Å². The lowest BCUT2D eigenvalue weighted by molar-refractivity contribution is 0.122. The van der Waals surface area contributed by atoms with Crippen molar-refractivity contribution in [1.82, 2.24) is 15.0 Å². The van der Waals surface area contributed by atoms with E-state index in [4.69, 9.17) is 16.3 Å². The van der Waals surface area contributed by atoms with Crippen molar-refractivity contribution in [2.45, 2.75) is 6.92 Å². The van der Waals surface area contributed by atoms with Crippen LogP contribution in [0.15, 0.2) is 71.0 Å². The highest BCUT2D eigenvalue weighted by Gasteiger charge is 2.17. The SMILES string of the molecule is C=C(/C(C)=C\C=N/C)c1cc(Cl)cc(Nc2ccc(/C=N/Nc3ncc(F)c(N4CCOCC4)n3)nc2)c1. The van der Waals surface area contributed by atoms with Crippen molar-refractivity contribution in [3.05, 3.63) is 83.1 Å². The van der Waals surface area contributed by atoms with Crippen LogP contribution in [0.2, 0.25) is 5.02 Å². The number of morpholine rings is 1. The molecule has 196 valence electrons. The van der Waals surface area contributed by atoms with Gasteiger partial charge in [0.2, 0.25) is 5.95 Å². The van der Waals surface area contributed by atoms with E-state index in [1.807, 2.05) is 42.2 Å². The van der Waals surface area contributed by atoms with Gasteiger partial charge in [0.1, 0.15) is 0 Å². The van der Waals surface area contributed by atoms with Crippen LogP contribution in [0.1, 0.15) is 18.2 Å². The van der Waals surface area contributed by atoms with Crippen LogP contribution in [-0.4, -0.2) is 60.7 Å². The Bertz CT molecular complexity index is 1370. The molecule has 0 atom stereocenters. The van der Waals surface area contributed by atoms with E-state index in [2.05, 4.69) is 42.4 Å². The molecule has 3 aromatic rings. The third-order valence-electron chi connectivity index (χ3n) is 5.67. The van der Waals surface area contributed by atoms with E-state index < -0.39 is 5.82 Å². The van der Waals surface area contributed by atoms with Crippen LogP contribution >= 0.6 is 11.6 Å². The van der Waals surface area contributed by atoms with Crippen LogP contribution in [-0.2, 0) is 4.74 Å². The van der Waals surface area contributed by atoms with Crippen molar-refractivity contribution >= 4 is 52.7 Å². The number of nitrogens with one attached hydrogen (secondary N) is 2. The topological polar surface area (TPSA) is 99.9 Å². The number of ether oxygens (including phenoxy) is 1. The lowest BCUT2D eigenvalue weighted by Crippen LogP contribution is -2.37. The zero-order valence-electron chi connectivity index (χ0n) is 21.2. The molecule has 38 heavy (non-hydrogen) atoms. The van der Waals surface area contributed by atoms with E-state index in [1.54, 1.807) is 25.5 Å². The van der Waals surface area contributed by atoms with Gasteiger partial charge < -0.3 is 15.0 Å². The van der Waals surface area contributed by atoms with E-state index in [-0.39, 0.29) is 11.8 Å². The van der Waals surface area contributed by atoms with Crippen molar-refractivity contribution < 1.29 is 9.13 Å². The number of aromatic nitrogens is 3. The third-order valence-corrected chi connectivity index (χ3v) is 5.89. The van der Waals surface area contributed by atoms with Gasteiger partial charge in [-0.3, -0.25) is 9.98 Å². The van der Waals surface area contributed by atoms with E-state index in [0.29, 0.717) is 37.0 Å². The molecule has 0 aliphatic carbocycles. The Hall–Kier alpha value is -4.15. The Morgan fingerprint density at radius 1 is 1.16 bits per heavy atom. The number of hydrogen-bond acceptors (Lipinski definition) is 9. The lowest BCUT2D eigenvalue weighted by atomic mass is 10.00. The van der Waals surface area contributed by atoms with Crippen LogP contribution in [0.5, 0.6) is 0 Å². The zero-order chi connectivity index (χ0) is 26.9. The molecule has 0 spiro atoms. The fourth-order valence-electron chi connectivity index (χ4n) is 3.64. The molecule has 0 amide bonds. The molecular weight excluding hydrogens is 507 g/mol. The summed E-state index contributed by atoms with van der Waals surface area (Å²) in [5.41, 5.74) is 7.67. The number of rotatable bonds is 9. The Morgan fingerprint density at radius 3 is 2.71 bits per heavy atom. The first-order chi connectivity index (χ1) is 18.4. The van der Waals surface area contributed by atoms with Crippen molar-refractivity contribution in [3.8, 4) is 0 Å². The fraction of sp³-hybridized carbons (Fsp3) is 0.222. The maximum Gasteiger partial charge on any atom is 0.245 e. The van der Waals surface area contributed by atoms with Gasteiger partial charge in [-0.25, -0.2) is 14.8 Å². The second-order valence-electron chi connectivity index (χ2n) is 8.40. The van der Waals surface area contributed by atoms with Gasteiger partial charge in [-0.15, -0.1) is 0 Å². The predicted molar refractivity (Wildman–Crippen MR) is 152 cm³/mol. The van der Waals surface area contributed by atoms with E-state index in [1.165, 1.54) is 6.21 Å². The molecule has 4 rings (SSSR count). The highest BCUT2D eigenvalue weighted by atomic mass is 35.5. The number of anilines is 4. The molecule has 1 aliphatic heterocycles. The second kappa shape index (κ2) is 12.9. The summed E-state index contributed by atoms with van der Waals surface area (Å²) in [6.07, 6.45) is 7.97. The second-order valence-corrected chi connectivity index (χ2v) is 8.83. The molecular formula is C27H28ClFN8O. The molecule has 0 saturated carbocycles. The van der Waals surface area contributed by atoms with Gasteiger partial charge in [0.05, 0.1) is 43.2 Å². The molecule has 1 saturated heterocycles. The van der Waals surface area contributed by atoms with Gasteiger partial charge in [-0.2, -0.15) is 10.1 Å². The maximum atomic E-state index is 14.2. The molecule has 2 aromatic heterocycles. The summed E-state index contributed by atoms with van der Waals surface area (Å²) in [6.45, 7) is 8.34. The number of nitrogens with zero attached hydrogens (tertiary/aromatic N) is 6. The highest BCUT2D eigenvalue weighted by molar-refractivity contribution is 6.31. The first kappa shape index (κ1) is 26.9. The molecule has 11 heteroatoms. The summed E-state index contributed by atoms with van der Waals surface area (Å²) < 4.78 is 19.5. The van der Waals surface area contributed by atoms with E-state index >= 15 is 0 Å². The Morgan fingerprint density at radius 2 is 1.97 bits per heavy atom. The molecule has 3 heterocycles. The smallest absolute Gasteiger partial charge is 0.245 e. The molecule has 1 aromatic carbocycles. The van der Waals surface area contributed by atoms with Crippen molar-refractivity contribution in [2.75, 3.05) is 49.0 Å². The average Bonchev–Trinajstić information content (AvgIpc) is 2.93. The summed E-state index contributed by atoms with van der Waals surface area (Å²) in [5.74, 6) is -0.0732. The number of allylic oxidation sites excluding steroid dienone is 3. The molecule has 9 nitrogen and oxygen atoms in total. The Labute approximate surface area is 225 Å². The molecule has 2 N–H and O–H groups in total. The summed E-state index contributed by atoms with van der Waals surface area (Å²) in [4.78, 5) is 18.4. The number of benzene rings is 1. The van der Waals surface area contributed by atoms with Crippen molar-refractivity contribution in [3.63, 3.8) is 0 Å². The Balaban J connectivity index is 1.39. The van der Waals surface area contributed by atoms with Crippen LogP contribution in [0.4, 0.5) is 27.5 Å². The number of pyridine rings is 1. The fourth-order valence-corrected chi connectivity index (χ4v) is 3.87. The van der Waals surface area contributed by atoms with Gasteiger partial charge >= 0.3 is 0 Å². The van der Waals surface area contributed by atoms with Crippen LogP contribution < -0.4 is 15.6 Å². The van der Waals surface area contributed by atoms with Crippen LogP contribution in [0.25, 0.3) is 5.57 Å².